The first-order chi connectivity index (χ1) is 6.08. The van der Waals surface area contributed by atoms with Crippen LogP contribution in [0.2, 0.25) is 0 Å². The predicted molar refractivity (Wildman–Crippen MR) is 47.9 cm³/mol. The van der Waals surface area contributed by atoms with E-state index in [9.17, 15) is 8.78 Å². The average molecular weight is 193 g/mol. The van der Waals surface area contributed by atoms with E-state index in [2.05, 4.69) is 4.90 Å². The van der Waals surface area contributed by atoms with Crippen LogP contribution in [0.3, 0.4) is 0 Å². The molecule has 1 rings (SSSR count). The molecular formula is C8H17F2N3. The van der Waals surface area contributed by atoms with Crippen molar-refractivity contribution in [3.8, 4) is 0 Å². The first-order valence-corrected chi connectivity index (χ1v) is 4.52. The van der Waals surface area contributed by atoms with Crippen molar-refractivity contribution >= 4 is 0 Å². The molecule has 1 aliphatic heterocycles. The minimum absolute atomic E-state index is 0.00810. The van der Waals surface area contributed by atoms with Gasteiger partial charge in [-0.1, -0.05) is 0 Å². The SMILES string of the molecule is CN1CCN(CC(F)F)CC(N)C1. The first kappa shape index (κ1) is 10.8. The summed E-state index contributed by atoms with van der Waals surface area (Å²) in [4.78, 5) is 3.81. The van der Waals surface area contributed by atoms with Gasteiger partial charge in [-0.15, -0.1) is 0 Å². The highest BCUT2D eigenvalue weighted by Gasteiger charge is 2.20. The number of rotatable bonds is 2. The maximum atomic E-state index is 12.1. The Labute approximate surface area is 77.5 Å². The van der Waals surface area contributed by atoms with E-state index in [1.54, 1.807) is 4.90 Å². The van der Waals surface area contributed by atoms with E-state index in [1.807, 2.05) is 7.05 Å². The summed E-state index contributed by atoms with van der Waals surface area (Å²) < 4.78 is 24.2. The molecule has 0 saturated carbocycles. The summed E-state index contributed by atoms with van der Waals surface area (Å²) in [5.41, 5.74) is 5.76. The number of halogens is 2. The summed E-state index contributed by atoms with van der Waals surface area (Å²) in [6.45, 7) is 2.73. The number of likely N-dealkylation sites (N-methyl/N-ethyl adjacent to an activating group) is 1. The minimum atomic E-state index is -2.25. The quantitative estimate of drug-likeness (QED) is 0.660. The molecule has 0 amide bonds. The van der Waals surface area contributed by atoms with Crippen LogP contribution in [0.1, 0.15) is 0 Å². The summed E-state index contributed by atoms with van der Waals surface area (Å²) in [5, 5.41) is 0. The Morgan fingerprint density at radius 3 is 2.69 bits per heavy atom. The van der Waals surface area contributed by atoms with Crippen LogP contribution in [0.15, 0.2) is 0 Å². The third-order valence-electron chi connectivity index (χ3n) is 2.23. The zero-order valence-electron chi connectivity index (χ0n) is 7.92. The number of alkyl halides is 2. The van der Waals surface area contributed by atoms with E-state index in [1.165, 1.54) is 0 Å². The summed E-state index contributed by atoms with van der Waals surface area (Å²) in [5.74, 6) is 0. The lowest BCUT2D eigenvalue weighted by Crippen LogP contribution is -2.40. The maximum Gasteiger partial charge on any atom is 0.251 e. The Balaban J connectivity index is 2.38. The van der Waals surface area contributed by atoms with Gasteiger partial charge in [0.15, 0.2) is 0 Å². The van der Waals surface area contributed by atoms with Crippen LogP contribution in [-0.4, -0.2) is 62.0 Å². The number of nitrogens with zero attached hydrogens (tertiary/aromatic N) is 2. The van der Waals surface area contributed by atoms with Crippen LogP contribution in [0.4, 0.5) is 8.78 Å². The molecule has 1 saturated heterocycles. The molecule has 0 bridgehead atoms. The third-order valence-corrected chi connectivity index (χ3v) is 2.23. The molecule has 2 N–H and O–H groups in total. The van der Waals surface area contributed by atoms with Crippen LogP contribution in [0.5, 0.6) is 0 Å². The number of hydrogen-bond acceptors (Lipinski definition) is 3. The molecule has 78 valence electrons. The fourth-order valence-electron chi connectivity index (χ4n) is 1.65. The summed E-state index contributed by atoms with van der Waals surface area (Å²) in [6, 6.07) is -0.00810. The predicted octanol–water partition coefficient (Wildman–Crippen LogP) is -0.174. The maximum absolute atomic E-state index is 12.1. The van der Waals surface area contributed by atoms with Crippen LogP contribution >= 0.6 is 0 Å². The molecular weight excluding hydrogens is 176 g/mol. The van der Waals surface area contributed by atoms with Gasteiger partial charge in [-0.2, -0.15) is 0 Å². The van der Waals surface area contributed by atoms with E-state index in [-0.39, 0.29) is 12.6 Å². The van der Waals surface area contributed by atoms with Gasteiger partial charge >= 0.3 is 0 Å². The van der Waals surface area contributed by atoms with Crippen LogP contribution in [-0.2, 0) is 0 Å². The summed E-state index contributed by atoms with van der Waals surface area (Å²) in [6.07, 6.45) is -2.25. The summed E-state index contributed by atoms with van der Waals surface area (Å²) in [7, 11) is 1.96. The second-order valence-corrected chi connectivity index (χ2v) is 3.67. The van der Waals surface area contributed by atoms with Gasteiger partial charge < -0.3 is 10.6 Å². The highest BCUT2D eigenvalue weighted by molar-refractivity contribution is 4.77. The van der Waals surface area contributed by atoms with Gasteiger partial charge in [-0.25, -0.2) is 8.78 Å². The average Bonchev–Trinajstić information content (AvgIpc) is 2.11. The van der Waals surface area contributed by atoms with Gasteiger partial charge in [0.1, 0.15) is 0 Å². The normalized spacial score (nSPS) is 27.9. The Kier molecular flexibility index (Phi) is 4.02. The van der Waals surface area contributed by atoms with Gasteiger partial charge in [0.05, 0.1) is 6.54 Å². The number of hydrogen-bond donors (Lipinski definition) is 1. The second-order valence-electron chi connectivity index (χ2n) is 3.67. The molecule has 0 aromatic rings. The number of nitrogens with two attached hydrogens (primary N) is 1. The Bertz CT molecular complexity index is 154. The fraction of sp³-hybridized carbons (Fsp3) is 1.00. The lowest BCUT2D eigenvalue weighted by molar-refractivity contribution is 0.0889. The molecule has 0 aliphatic carbocycles. The van der Waals surface area contributed by atoms with E-state index < -0.39 is 6.43 Å². The lowest BCUT2D eigenvalue weighted by atomic mass is 10.3. The van der Waals surface area contributed by atoms with E-state index >= 15 is 0 Å². The molecule has 1 aliphatic rings. The second kappa shape index (κ2) is 4.83. The van der Waals surface area contributed by atoms with E-state index in [4.69, 9.17) is 5.73 Å². The van der Waals surface area contributed by atoms with E-state index in [0.717, 1.165) is 13.1 Å². The Morgan fingerprint density at radius 1 is 1.38 bits per heavy atom. The molecule has 5 heteroatoms. The van der Waals surface area contributed by atoms with Crippen molar-refractivity contribution in [1.82, 2.24) is 9.80 Å². The largest absolute Gasteiger partial charge is 0.325 e. The van der Waals surface area contributed by atoms with Crippen molar-refractivity contribution in [2.75, 3.05) is 39.8 Å². The molecule has 13 heavy (non-hydrogen) atoms. The van der Waals surface area contributed by atoms with Crippen molar-refractivity contribution < 1.29 is 8.78 Å². The monoisotopic (exact) mass is 193 g/mol. The molecule has 0 aromatic carbocycles. The van der Waals surface area contributed by atoms with Gasteiger partial charge in [0.25, 0.3) is 6.43 Å². The Hall–Kier alpha value is -0.260. The van der Waals surface area contributed by atoms with E-state index in [0.29, 0.717) is 13.1 Å². The molecule has 3 nitrogen and oxygen atoms in total. The topological polar surface area (TPSA) is 32.5 Å². The third kappa shape index (κ3) is 3.97. The zero-order valence-corrected chi connectivity index (χ0v) is 7.92. The van der Waals surface area contributed by atoms with Crippen molar-refractivity contribution in [1.29, 1.82) is 0 Å². The molecule has 0 aromatic heterocycles. The molecule has 0 radical (unpaired) electrons. The van der Waals surface area contributed by atoms with Crippen molar-refractivity contribution in [2.24, 2.45) is 5.73 Å². The molecule has 1 heterocycles. The van der Waals surface area contributed by atoms with Gasteiger partial charge in [-0.05, 0) is 7.05 Å². The molecule has 0 spiro atoms. The molecule has 1 fully saturated rings. The van der Waals surface area contributed by atoms with Crippen LogP contribution in [0.25, 0.3) is 0 Å². The van der Waals surface area contributed by atoms with Crippen molar-refractivity contribution in [3.05, 3.63) is 0 Å². The van der Waals surface area contributed by atoms with Crippen molar-refractivity contribution in [3.63, 3.8) is 0 Å². The van der Waals surface area contributed by atoms with Gasteiger partial charge in [0.2, 0.25) is 0 Å². The Morgan fingerprint density at radius 2 is 2.08 bits per heavy atom. The van der Waals surface area contributed by atoms with Gasteiger partial charge in [0, 0.05) is 32.2 Å². The van der Waals surface area contributed by atoms with Crippen molar-refractivity contribution in [2.45, 2.75) is 12.5 Å². The molecule has 1 atom stereocenters. The summed E-state index contributed by atoms with van der Waals surface area (Å²) >= 11 is 0. The minimum Gasteiger partial charge on any atom is -0.325 e. The van der Waals surface area contributed by atoms with Gasteiger partial charge in [-0.3, -0.25) is 4.90 Å². The zero-order chi connectivity index (χ0) is 9.84. The highest BCUT2D eigenvalue weighted by atomic mass is 19.3. The standard InChI is InChI=1S/C8H17F2N3/c1-12-2-3-13(6-8(9)10)5-7(11)4-12/h7-8H,2-6,11H2,1H3. The first-order valence-electron chi connectivity index (χ1n) is 4.52. The highest BCUT2D eigenvalue weighted by Crippen LogP contribution is 2.03. The lowest BCUT2D eigenvalue weighted by Gasteiger charge is -2.20. The fourth-order valence-corrected chi connectivity index (χ4v) is 1.65. The van der Waals surface area contributed by atoms with Crippen LogP contribution < -0.4 is 5.73 Å². The van der Waals surface area contributed by atoms with Crippen LogP contribution in [0, 0.1) is 0 Å². The molecule has 1 unspecified atom stereocenters. The smallest absolute Gasteiger partial charge is 0.251 e.